The molecule has 0 radical (unpaired) electrons. The summed E-state index contributed by atoms with van der Waals surface area (Å²) in [6, 6.07) is 10.1. The molecule has 0 fully saturated rings. The van der Waals surface area contributed by atoms with Crippen LogP contribution in [0.3, 0.4) is 0 Å². The summed E-state index contributed by atoms with van der Waals surface area (Å²) in [5, 5.41) is -0.337. The van der Waals surface area contributed by atoms with Crippen molar-refractivity contribution in [2.24, 2.45) is 0 Å². The minimum absolute atomic E-state index is 0.0273. The van der Waals surface area contributed by atoms with Crippen molar-refractivity contribution in [1.29, 1.82) is 0 Å². The van der Waals surface area contributed by atoms with Gasteiger partial charge in [-0.1, -0.05) is 29.8 Å². The molecular formula is C13H10ClF3N2O2. The Balaban J connectivity index is 1.90. The first-order valence-electron chi connectivity index (χ1n) is 5.87. The zero-order chi connectivity index (χ0) is 15.3. The van der Waals surface area contributed by atoms with Gasteiger partial charge in [-0.05, 0) is 12.1 Å². The van der Waals surface area contributed by atoms with E-state index in [2.05, 4.69) is 9.97 Å². The quantitative estimate of drug-likeness (QED) is 0.624. The fraction of sp³-hybridized carbons (Fsp3) is 0.231. The van der Waals surface area contributed by atoms with Crippen LogP contribution in [0.25, 0.3) is 0 Å². The van der Waals surface area contributed by atoms with E-state index in [0.29, 0.717) is 5.75 Å². The van der Waals surface area contributed by atoms with Crippen LogP contribution in [0.4, 0.5) is 13.2 Å². The lowest BCUT2D eigenvalue weighted by atomic mass is 10.3. The normalized spacial score (nSPS) is 11.2. The molecule has 1 heterocycles. The Kier molecular flexibility index (Phi) is 4.85. The van der Waals surface area contributed by atoms with Crippen molar-refractivity contribution in [3.63, 3.8) is 0 Å². The number of hydrogen-bond donors (Lipinski definition) is 0. The maximum atomic E-state index is 12.5. The third-order valence-corrected chi connectivity index (χ3v) is 2.46. The second-order valence-electron chi connectivity index (χ2n) is 3.86. The van der Waals surface area contributed by atoms with Gasteiger partial charge < -0.3 is 9.47 Å². The predicted molar refractivity (Wildman–Crippen MR) is 69.5 cm³/mol. The number of rotatable bonds is 5. The van der Waals surface area contributed by atoms with Crippen molar-refractivity contribution < 1.29 is 22.6 Å². The lowest BCUT2D eigenvalue weighted by Crippen LogP contribution is -2.14. The van der Waals surface area contributed by atoms with Crippen LogP contribution in [0, 0.1) is 0 Å². The summed E-state index contributed by atoms with van der Waals surface area (Å²) in [4.78, 5) is 6.35. The molecule has 2 aromatic rings. The van der Waals surface area contributed by atoms with Gasteiger partial charge >= 0.3 is 6.18 Å². The van der Waals surface area contributed by atoms with E-state index in [1.807, 2.05) is 6.07 Å². The molecule has 1 aromatic carbocycles. The third kappa shape index (κ3) is 4.78. The van der Waals surface area contributed by atoms with Gasteiger partial charge in [-0.15, -0.1) is 0 Å². The van der Waals surface area contributed by atoms with Crippen LogP contribution in [-0.4, -0.2) is 23.2 Å². The van der Waals surface area contributed by atoms with Crippen molar-refractivity contribution in [1.82, 2.24) is 9.97 Å². The van der Waals surface area contributed by atoms with E-state index in [9.17, 15) is 13.2 Å². The van der Waals surface area contributed by atoms with Crippen LogP contribution in [0.5, 0.6) is 11.6 Å². The molecule has 1 aromatic heterocycles. The van der Waals surface area contributed by atoms with Gasteiger partial charge in [0.1, 0.15) is 24.1 Å². The Labute approximate surface area is 123 Å². The molecule has 0 amide bonds. The Bertz CT molecular complexity index is 594. The van der Waals surface area contributed by atoms with Crippen molar-refractivity contribution in [2.75, 3.05) is 13.2 Å². The molecule has 0 N–H and O–H groups in total. The van der Waals surface area contributed by atoms with Crippen LogP contribution >= 0.6 is 11.6 Å². The molecule has 112 valence electrons. The second kappa shape index (κ2) is 6.62. The minimum Gasteiger partial charge on any atom is -0.490 e. The van der Waals surface area contributed by atoms with Gasteiger partial charge in [-0.2, -0.15) is 18.2 Å². The molecule has 0 aliphatic rings. The highest BCUT2D eigenvalue weighted by atomic mass is 35.5. The zero-order valence-corrected chi connectivity index (χ0v) is 11.4. The predicted octanol–water partition coefficient (Wildman–Crippen LogP) is 3.61. The van der Waals surface area contributed by atoms with Gasteiger partial charge in [0.15, 0.2) is 0 Å². The van der Waals surface area contributed by atoms with Gasteiger partial charge in [0.25, 0.3) is 0 Å². The first-order valence-corrected chi connectivity index (χ1v) is 6.25. The van der Waals surface area contributed by atoms with E-state index in [0.717, 1.165) is 6.07 Å². The summed E-state index contributed by atoms with van der Waals surface area (Å²) in [6.45, 7) is 0.187. The largest absolute Gasteiger partial charge is 0.490 e. The number of aromatic nitrogens is 2. The van der Waals surface area contributed by atoms with E-state index in [4.69, 9.17) is 21.1 Å². The molecule has 0 saturated carbocycles. The summed E-state index contributed by atoms with van der Waals surface area (Å²) in [5.41, 5.74) is 0. The van der Waals surface area contributed by atoms with E-state index in [-0.39, 0.29) is 24.2 Å². The fourth-order valence-corrected chi connectivity index (χ4v) is 1.59. The molecule has 0 aliphatic heterocycles. The molecule has 2 rings (SSSR count). The van der Waals surface area contributed by atoms with E-state index in [1.165, 1.54) is 0 Å². The molecule has 8 heteroatoms. The van der Waals surface area contributed by atoms with Crippen molar-refractivity contribution in [3.8, 4) is 11.6 Å². The maximum absolute atomic E-state index is 12.5. The average Bonchev–Trinajstić information content (AvgIpc) is 2.43. The molecular weight excluding hydrogens is 309 g/mol. The van der Waals surface area contributed by atoms with E-state index < -0.39 is 12.0 Å². The Morgan fingerprint density at radius 3 is 2.33 bits per heavy atom. The number of benzene rings is 1. The smallest absolute Gasteiger partial charge is 0.451 e. The van der Waals surface area contributed by atoms with E-state index >= 15 is 0 Å². The highest BCUT2D eigenvalue weighted by Gasteiger charge is 2.35. The van der Waals surface area contributed by atoms with Gasteiger partial charge in [0.05, 0.1) is 0 Å². The molecule has 0 aliphatic carbocycles. The second-order valence-corrected chi connectivity index (χ2v) is 4.25. The van der Waals surface area contributed by atoms with E-state index in [1.54, 1.807) is 24.3 Å². The number of hydrogen-bond acceptors (Lipinski definition) is 4. The first-order chi connectivity index (χ1) is 9.95. The van der Waals surface area contributed by atoms with Crippen LogP contribution in [-0.2, 0) is 6.18 Å². The van der Waals surface area contributed by atoms with Crippen LogP contribution in [0.1, 0.15) is 5.82 Å². The fourth-order valence-electron chi connectivity index (χ4n) is 1.42. The summed E-state index contributed by atoms with van der Waals surface area (Å²) in [6.07, 6.45) is -4.68. The van der Waals surface area contributed by atoms with Crippen LogP contribution in [0.15, 0.2) is 36.4 Å². The monoisotopic (exact) mass is 318 g/mol. The van der Waals surface area contributed by atoms with Crippen LogP contribution in [0.2, 0.25) is 5.15 Å². The van der Waals surface area contributed by atoms with Crippen molar-refractivity contribution in [2.45, 2.75) is 6.18 Å². The standard InChI is InChI=1S/C13H10ClF3N2O2/c14-10-8-11(19-12(18-10)13(15,16)17)21-7-6-20-9-4-2-1-3-5-9/h1-5,8H,6-7H2. The summed E-state index contributed by atoms with van der Waals surface area (Å²) >= 11 is 5.50. The number of nitrogens with zero attached hydrogens (tertiary/aromatic N) is 2. The number of halogens is 4. The average molecular weight is 319 g/mol. The topological polar surface area (TPSA) is 44.2 Å². The molecule has 21 heavy (non-hydrogen) atoms. The minimum atomic E-state index is -4.68. The molecule has 0 bridgehead atoms. The molecule has 0 atom stereocenters. The number of alkyl halides is 3. The number of para-hydroxylation sites is 1. The Morgan fingerprint density at radius 1 is 1.00 bits per heavy atom. The van der Waals surface area contributed by atoms with Gasteiger partial charge in [-0.25, -0.2) is 4.98 Å². The van der Waals surface area contributed by atoms with Crippen molar-refractivity contribution in [3.05, 3.63) is 47.4 Å². The third-order valence-electron chi connectivity index (χ3n) is 2.27. The SMILES string of the molecule is FC(F)(F)c1nc(Cl)cc(OCCOc2ccccc2)n1. The maximum Gasteiger partial charge on any atom is 0.451 e. The molecule has 0 unspecified atom stereocenters. The summed E-state index contributed by atoms with van der Waals surface area (Å²) in [7, 11) is 0. The number of ether oxygens (including phenoxy) is 2. The Hall–Kier alpha value is -2.02. The molecule has 4 nitrogen and oxygen atoms in total. The molecule has 0 saturated heterocycles. The summed E-state index contributed by atoms with van der Waals surface area (Å²) in [5.74, 6) is -0.953. The van der Waals surface area contributed by atoms with Gasteiger partial charge in [0, 0.05) is 6.07 Å². The zero-order valence-electron chi connectivity index (χ0n) is 10.6. The lowest BCUT2D eigenvalue weighted by molar-refractivity contribution is -0.145. The highest BCUT2D eigenvalue weighted by molar-refractivity contribution is 6.29. The lowest BCUT2D eigenvalue weighted by Gasteiger charge is -2.10. The summed E-state index contributed by atoms with van der Waals surface area (Å²) < 4.78 is 47.9. The first kappa shape index (κ1) is 15.4. The highest BCUT2D eigenvalue weighted by Crippen LogP contribution is 2.28. The Morgan fingerprint density at radius 2 is 1.67 bits per heavy atom. The van der Waals surface area contributed by atoms with Crippen molar-refractivity contribution >= 4 is 11.6 Å². The van der Waals surface area contributed by atoms with Crippen LogP contribution < -0.4 is 9.47 Å². The van der Waals surface area contributed by atoms with Gasteiger partial charge in [0.2, 0.25) is 11.7 Å². The molecule has 0 spiro atoms. The van der Waals surface area contributed by atoms with Gasteiger partial charge in [-0.3, -0.25) is 0 Å².